The number of piperidine rings is 1. The van der Waals surface area contributed by atoms with Gasteiger partial charge in [0, 0.05) is 37.9 Å². The number of likely N-dealkylation sites (tertiary alicyclic amines) is 1. The van der Waals surface area contributed by atoms with Crippen molar-refractivity contribution in [2.24, 2.45) is 0 Å². The lowest BCUT2D eigenvalue weighted by Crippen LogP contribution is -2.38. The number of phenolic OH excluding ortho intramolecular Hbond substituents is 1. The Morgan fingerprint density at radius 2 is 2.04 bits per heavy atom. The fourth-order valence-corrected chi connectivity index (χ4v) is 3.77. The summed E-state index contributed by atoms with van der Waals surface area (Å²) in [4.78, 5) is 21.4. The zero-order valence-electron chi connectivity index (χ0n) is 16.6. The first-order chi connectivity index (χ1) is 13.0. The lowest BCUT2D eigenvalue weighted by atomic mass is 9.95. The fraction of sp³-hybridized carbons (Fsp3) is 0.524. The van der Waals surface area contributed by atoms with Gasteiger partial charge < -0.3 is 19.5 Å². The van der Waals surface area contributed by atoms with Crippen molar-refractivity contribution in [2.45, 2.75) is 38.6 Å². The molecule has 0 unspecified atom stereocenters. The molecule has 1 aliphatic rings. The summed E-state index contributed by atoms with van der Waals surface area (Å²) in [6.07, 6.45) is 6.85. The van der Waals surface area contributed by atoms with E-state index in [1.165, 1.54) is 0 Å². The summed E-state index contributed by atoms with van der Waals surface area (Å²) in [5.74, 6) is 1.54. The Hall–Kier alpha value is -2.34. The number of aromatic hydroxyl groups is 1. The van der Waals surface area contributed by atoms with Crippen molar-refractivity contribution in [3.05, 3.63) is 47.5 Å². The Morgan fingerprint density at radius 3 is 2.74 bits per heavy atom. The Bertz CT molecular complexity index is 776. The smallest absolute Gasteiger partial charge is 0.257 e. The van der Waals surface area contributed by atoms with Gasteiger partial charge in [0.05, 0.1) is 5.56 Å². The van der Waals surface area contributed by atoms with Crippen molar-refractivity contribution in [3.63, 3.8) is 0 Å². The molecule has 146 valence electrons. The van der Waals surface area contributed by atoms with Gasteiger partial charge in [-0.25, -0.2) is 4.98 Å². The first kappa shape index (κ1) is 19.4. The summed E-state index contributed by atoms with van der Waals surface area (Å²) in [6, 6.07) is 5.34. The number of amides is 1. The van der Waals surface area contributed by atoms with Crippen LogP contribution in [0.1, 0.15) is 46.9 Å². The summed E-state index contributed by atoms with van der Waals surface area (Å²) in [7, 11) is 4.18. The van der Waals surface area contributed by atoms with Crippen molar-refractivity contribution >= 4 is 5.91 Å². The number of benzene rings is 1. The van der Waals surface area contributed by atoms with E-state index in [-0.39, 0.29) is 11.7 Å². The highest BCUT2D eigenvalue weighted by molar-refractivity contribution is 5.97. The molecule has 1 amide bonds. The van der Waals surface area contributed by atoms with Gasteiger partial charge in [0.1, 0.15) is 11.6 Å². The van der Waals surface area contributed by atoms with Crippen LogP contribution in [0, 0.1) is 6.92 Å². The molecule has 2 aromatic rings. The summed E-state index contributed by atoms with van der Waals surface area (Å²) >= 11 is 0. The molecule has 0 aliphatic carbocycles. The highest BCUT2D eigenvalue weighted by Crippen LogP contribution is 2.29. The number of hydrogen-bond acceptors (Lipinski definition) is 4. The number of para-hydroxylation sites is 1. The number of hydrogen-bond donors (Lipinski definition) is 1. The Balaban J connectivity index is 1.60. The fourth-order valence-electron chi connectivity index (χ4n) is 3.77. The molecule has 0 saturated carbocycles. The average Bonchev–Trinajstić information content (AvgIpc) is 3.12. The lowest BCUT2D eigenvalue weighted by Gasteiger charge is -2.32. The zero-order valence-corrected chi connectivity index (χ0v) is 16.6. The van der Waals surface area contributed by atoms with Crippen LogP contribution in [-0.4, -0.2) is 64.1 Å². The summed E-state index contributed by atoms with van der Waals surface area (Å²) in [5, 5.41) is 10.2. The van der Waals surface area contributed by atoms with E-state index in [4.69, 9.17) is 0 Å². The van der Waals surface area contributed by atoms with Crippen LogP contribution in [0.3, 0.4) is 0 Å². The molecule has 1 fully saturated rings. The second-order valence-electron chi connectivity index (χ2n) is 7.67. The van der Waals surface area contributed by atoms with Gasteiger partial charge in [-0.2, -0.15) is 0 Å². The number of rotatable bonds is 6. The molecular weight excluding hydrogens is 340 g/mol. The van der Waals surface area contributed by atoms with Crippen LogP contribution < -0.4 is 0 Å². The third kappa shape index (κ3) is 4.50. The molecule has 6 heteroatoms. The van der Waals surface area contributed by atoms with Gasteiger partial charge in [-0.1, -0.05) is 12.1 Å². The molecule has 1 aromatic heterocycles. The van der Waals surface area contributed by atoms with E-state index < -0.39 is 0 Å². The second-order valence-corrected chi connectivity index (χ2v) is 7.67. The summed E-state index contributed by atoms with van der Waals surface area (Å²) < 4.78 is 2.26. The van der Waals surface area contributed by atoms with Crippen LogP contribution in [0.4, 0.5) is 0 Å². The Labute approximate surface area is 161 Å². The molecule has 2 heterocycles. The number of aromatic nitrogens is 2. The predicted molar refractivity (Wildman–Crippen MR) is 106 cm³/mol. The highest BCUT2D eigenvalue weighted by Gasteiger charge is 2.28. The Kier molecular flexibility index (Phi) is 6.16. The average molecular weight is 370 g/mol. The molecule has 0 atom stereocenters. The second kappa shape index (κ2) is 8.57. The molecule has 1 saturated heterocycles. The SMILES string of the molecule is Cc1cccc(C(=O)N2CCC(c3nccn3CCCN(C)C)CC2)c1O. The normalized spacial score (nSPS) is 15.5. The quantitative estimate of drug-likeness (QED) is 0.849. The maximum absolute atomic E-state index is 12.8. The minimum Gasteiger partial charge on any atom is -0.507 e. The topological polar surface area (TPSA) is 61.6 Å². The molecule has 1 N–H and O–H groups in total. The number of nitrogens with zero attached hydrogens (tertiary/aromatic N) is 4. The first-order valence-corrected chi connectivity index (χ1v) is 9.71. The van der Waals surface area contributed by atoms with Crippen molar-refractivity contribution in [2.75, 3.05) is 33.7 Å². The number of carbonyl (C=O) groups excluding carboxylic acids is 1. The van der Waals surface area contributed by atoms with E-state index in [0.29, 0.717) is 24.6 Å². The van der Waals surface area contributed by atoms with Crippen molar-refractivity contribution in [1.82, 2.24) is 19.4 Å². The molecular formula is C21H30N4O2. The summed E-state index contributed by atoms with van der Waals surface area (Å²) in [6.45, 7) is 5.24. The molecule has 3 rings (SSSR count). The number of phenols is 1. The first-order valence-electron chi connectivity index (χ1n) is 9.71. The van der Waals surface area contributed by atoms with Gasteiger partial charge in [0.2, 0.25) is 0 Å². The zero-order chi connectivity index (χ0) is 19.4. The third-order valence-electron chi connectivity index (χ3n) is 5.37. The van der Waals surface area contributed by atoms with E-state index in [0.717, 1.165) is 43.7 Å². The minimum atomic E-state index is -0.0797. The van der Waals surface area contributed by atoms with Crippen LogP contribution in [0.2, 0.25) is 0 Å². The van der Waals surface area contributed by atoms with Gasteiger partial charge in [0.25, 0.3) is 5.91 Å². The van der Waals surface area contributed by atoms with E-state index in [1.807, 2.05) is 30.2 Å². The number of aryl methyl sites for hydroxylation is 2. The molecule has 6 nitrogen and oxygen atoms in total. The van der Waals surface area contributed by atoms with Gasteiger partial charge in [-0.3, -0.25) is 4.79 Å². The van der Waals surface area contributed by atoms with Crippen LogP contribution in [0.25, 0.3) is 0 Å². The van der Waals surface area contributed by atoms with Crippen LogP contribution in [-0.2, 0) is 6.54 Å². The number of carbonyl (C=O) groups is 1. The van der Waals surface area contributed by atoms with Crippen LogP contribution in [0.5, 0.6) is 5.75 Å². The largest absolute Gasteiger partial charge is 0.507 e. The molecule has 1 aromatic carbocycles. The molecule has 27 heavy (non-hydrogen) atoms. The molecule has 1 aliphatic heterocycles. The van der Waals surface area contributed by atoms with E-state index in [2.05, 4.69) is 34.7 Å². The highest BCUT2D eigenvalue weighted by atomic mass is 16.3. The van der Waals surface area contributed by atoms with Gasteiger partial charge >= 0.3 is 0 Å². The maximum atomic E-state index is 12.8. The summed E-state index contributed by atoms with van der Waals surface area (Å²) in [5.41, 5.74) is 1.13. The van der Waals surface area contributed by atoms with Crippen molar-refractivity contribution in [1.29, 1.82) is 0 Å². The van der Waals surface area contributed by atoms with E-state index in [9.17, 15) is 9.90 Å². The van der Waals surface area contributed by atoms with E-state index in [1.54, 1.807) is 6.07 Å². The standard InChI is InChI=1S/C21H30N4O2/c1-16-6-4-7-18(19(16)26)21(27)25-13-8-17(9-14-25)20-22-10-15-24(20)12-5-11-23(2)3/h4,6-7,10,15,17,26H,5,8-9,11-14H2,1-3H3. The number of imidazole rings is 1. The molecule has 0 spiro atoms. The molecule has 0 radical (unpaired) electrons. The maximum Gasteiger partial charge on any atom is 0.257 e. The van der Waals surface area contributed by atoms with Crippen molar-refractivity contribution in [3.8, 4) is 5.75 Å². The molecule has 0 bridgehead atoms. The van der Waals surface area contributed by atoms with E-state index >= 15 is 0 Å². The van der Waals surface area contributed by atoms with Crippen LogP contribution in [0.15, 0.2) is 30.6 Å². The van der Waals surface area contributed by atoms with Gasteiger partial charge in [-0.15, -0.1) is 0 Å². The van der Waals surface area contributed by atoms with Gasteiger partial charge in [0.15, 0.2) is 0 Å². The van der Waals surface area contributed by atoms with Gasteiger partial charge in [-0.05, 0) is 58.5 Å². The third-order valence-corrected chi connectivity index (χ3v) is 5.37. The van der Waals surface area contributed by atoms with Crippen LogP contribution >= 0.6 is 0 Å². The minimum absolute atomic E-state index is 0.0797. The predicted octanol–water partition coefficient (Wildman–Crippen LogP) is 2.87. The monoisotopic (exact) mass is 370 g/mol. The Morgan fingerprint density at radius 1 is 1.30 bits per heavy atom. The lowest BCUT2D eigenvalue weighted by molar-refractivity contribution is 0.0707. The van der Waals surface area contributed by atoms with Crippen molar-refractivity contribution < 1.29 is 9.90 Å².